The van der Waals surface area contributed by atoms with Crippen LogP contribution in [0.3, 0.4) is 0 Å². The van der Waals surface area contributed by atoms with Crippen LogP contribution in [0.4, 0.5) is 0 Å². The van der Waals surface area contributed by atoms with Crippen LogP contribution >= 0.6 is 0 Å². The van der Waals surface area contributed by atoms with Crippen molar-refractivity contribution in [1.82, 2.24) is 30.5 Å². The molecule has 0 saturated carbocycles. The third-order valence-corrected chi connectivity index (χ3v) is 12.1. The van der Waals surface area contributed by atoms with Crippen LogP contribution in [0.15, 0.2) is 145 Å². The lowest BCUT2D eigenvalue weighted by atomic mass is 9.85. The Hall–Kier alpha value is -7.23. The smallest absolute Gasteiger partial charge is 0.347 e. The molecule has 8 rings (SSSR count). The summed E-state index contributed by atoms with van der Waals surface area (Å²) >= 11 is 0. The van der Waals surface area contributed by atoms with Crippen molar-refractivity contribution in [1.29, 1.82) is 0 Å². The average molecular weight is 889 g/mol. The zero-order chi connectivity index (χ0) is 46.0. The first-order valence-corrected chi connectivity index (χ1v) is 21.9. The predicted molar refractivity (Wildman–Crippen MR) is 249 cm³/mol. The number of hydrogen-bond donors (Lipinski definition) is 6. The Morgan fingerprint density at radius 2 is 1.61 bits per heavy atom. The fourth-order valence-corrected chi connectivity index (χ4v) is 8.46. The number of H-pyrrole nitrogens is 1. The van der Waals surface area contributed by atoms with Gasteiger partial charge in [0.15, 0.2) is 0 Å². The van der Waals surface area contributed by atoms with E-state index in [1.807, 2.05) is 30.3 Å². The molecular formula is C52H52N6O8. The van der Waals surface area contributed by atoms with Gasteiger partial charge in [-0.1, -0.05) is 91.0 Å². The monoisotopic (exact) mass is 888 g/mol. The molecule has 0 aliphatic carbocycles. The number of fused-ring (bicyclic) bond motifs is 1. The van der Waals surface area contributed by atoms with E-state index in [2.05, 4.69) is 42.6 Å². The third-order valence-electron chi connectivity index (χ3n) is 12.1. The molecule has 0 radical (unpaired) electrons. The number of likely N-dealkylation sites (tertiary alicyclic amines) is 1. The molecule has 0 spiro atoms. The van der Waals surface area contributed by atoms with Crippen LogP contribution < -0.4 is 20.9 Å². The summed E-state index contributed by atoms with van der Waals surface area (Å²) in [4.78, 5) is 53.6. The summed E-state index contributed by atoms with van der Waals surface area (Å²) in [6.45, 7) is 3.34. The number of benzene rings is 5. The second-order valence-corrected chi connectivity index (χ2v) is 16.5. The van der Waals surface area contributed by atoms with Gasteiger partial charge in [0, 0.05) is 65.7 Å². The van der Waals surface area contributed by atoms with E-state index < -0.39 is 17.7 Å². The summed E-state index contributed by atoms with van der Waals surface area (Å²) in [7, 11) is 1.51. The van der Waals surface area contributed by atoms with Gasteiger partial charge in [0.05, 0.1) is 43.3 Å². The second-order valence-electron chi connectivity index (χ2n) is 16.5. The first-order valence-electron chi connectivity index (χ1n) is 21.9. The predicted octanol–water partition coefficient (Wildman–Crippen LogP) is 6.14. The van der Waals surface area contributed by atoms with Gasteiger partial charge < -0.3 is 40.4 Å². The molecule has 0 unspecified atom stereocenters. The minimum absolute atomic E-state index is 0.0186. The molecular weight excluding hydrogens is 837 g/mol. The number of aromatic amines is 1. The van der Waals surface area contributed by atoms with Crippen molar-refractivity contribution in [3.8, 4) is 22.8 Å². The van der Waals surface area contributed by atoms with Crippen molar-refractivity contribution in [3.63, 3.8) is 0 Å². The molecule has 1 amide bonds. The highest BCUT2D eigenvalue weighted by atomic mass is 16.5. The summed E-state index contributed by atoms with van der Waals surface area (Å²) < 4.78 is 11.6. The topological polar surface area (TPSA) is 199 Å². The number of aromatic hydroxyl groups is 1. The van der Waals surface area contributed by atoms with E-state index in [0.29, 0.717) is 56.9 Å². The number of aliphatic hydroxyl groups excluding tert-OH is 1. The van der Waals surface area contributed by atoms with Gasteiger partial charge in [0.25, 0.3) is 5.91 Å². The van der Waals surface area contributed by atoms with Crippen molar-refractivity contribution >= 4 is 22.8 Å². The molecule has 66 heavy (non-hydrogen) atoms. The van der Waals surface area contributed by atoms with Gasteiger partial charge in [-0.3, -0.25) is 24.5 Å². The molecule has 1 aliphatic rings. The summed E-state index contributed by atoms with van der Waals surface area (Å²) in [5.74, 6) is -0.603. The van der Waals surface area contributed by atoms with Crippen molar-refractivity contribution in [2.24, 2.45) is 5.92 Å². The van der Waals surface area contributed by atoms with E-state index in [1.54, 1.807) is 79.0 Å². The Morgan fingerprint density at radius 3 is 2.38 bits per heavy atom. The molecule has 1 aliphatic heterocycles. The minimum atomic E-state index is -2.12. The SMILES string of the molecule is COc1cc(C(=O)NCc2nccnc2-c2cccc([C@](O)(C(=O)OCC3CCN(Cc4ccccc4)CC3)c3ccccc3)c2)ccc1CNC[C@H](O)c1ccc(O)c2[nH]c(=O)ccc12. The summed E-state index contributed by atoms with van der Waals surface area (Å²) in [6.07, 6.45) is 3.88. The standard InChI is InChI=1S/C52H52N6O8/c1-65-46-28-37(15-16-38(46)29-53-31-45(60)41-17-19-44(59)49-42(41)18-20-47(61)57-49)50(62)56-30-43-48(55-24-23-54-43)36-11-8-14-40(27-36)52(64,39-12-6-3-7-13-39)51(63)66-33-35-21-25-58(26-22-35)32-34-9-4-2-5-10-34/h2-20,23-24,27-28,35,45,53,59-60,64H,21-22,25-26,29-33H2,1H3,(H,56,62)(H,57,61)/t45-,52-/m0/s1. The first-order chi connectivity index (χ1) is 32.1. The van der Waals surface area contributed by atoms with Crippen molar-refractivity contribution < 1.29 is 34.4 Å². The van der Waals surface area contributed by atoms with E-state index in [-0.39, 0.29) is 48.3 Å². The number of hydrogen-bond acceptors (Lipinski definition) is 12. The zero-order valence-corrected chi connectivity index (χ0v) is 36.5. The van der Waals surface area contributed by atoms with Crippen LogP contribution in [0.25, 0.3) is 22.2 Å². The number of phenols is 1. The van der Waals surface area contributed by atoms with Crippen LogP contribution in [-0.2, 0) is 34.8 Å². The van der Waals surface area contributed by atoms with Crippen LogP contribution in [0.2, 0.25) is 0 Å². The Kier molecular flexibility index (Phi) is 14.2. The van der Waals surface area contributed by atoms with Gasteiger partial charge >= 0.3 is 5.97 Å². The number of ether oxygens (including phenoxy) is 2. The minimum Gasteiger partial charge on any atom is -0.506 e. The Bertz CT molecular complexity index is 2850. The summed E-state index contributed by atoms with van der Waals surface area (Å²) in [5.41, 5.74) is 2.84. The number of carbonyl (C=O) groups excluding carboxylic acids is 2. The summed E-state index contributed by atoms with van der Waals surface area (Å²) in [5, 5.41) is 40.3. The highest BCUT2D eigenvalue weighted by molar-refractivity contribution is 5.95. The molecule has 0 bridgehead atoms. The summed E-state index contributed by atoms with van der Waals surface area (Å²) in [6, 6.07) is 37.1. The zero-order valence-electron chi connectivity index (χ0n) is 36.5. The average Bonchev–Trinajstić information content (AvgIpc) is 3.36. The first kappa shape index (κ1) is 45.3. The number of piperidine rings is 1. The molecule has 338 valence electrons. The van der Waals surface area contributed by atoms with E-state index >= 15 is 0 Å². The highest BCUT2D eigenvalue weighted by Gasteiger charge is 2.42. The van der Waals surface area contributed by atoms with E-state index in [4.69, 9.17) is 9.47 Å². The molecule has 14 heteroatoms. The number of amides is 1. The quantitative estimate of drug-likeness (QED) is 0.0572. The number of rotatable bonds is 17. The molecule has 5 aromatic carbocycles. The molecule has 14 nitrogen and oxygen atoms in total. The molecule has 2 atom stereocenters. The van der Waals surface area contributed by atoms with E-state index in [0.717, 1.165) is 38.0 Å². The second kappa shape index (κ2) is 20.7. The number of phenolic OH excluding ortho intramolecular Hbond substituents is 1. The lowest BCUT2D eigenvalue weighted by Gasteiger charge is -2.33. The van der Waals surface area contributed by atoms with Crippen molar-refractivity contribution in [2.45, 2.75) is 44.2 Å². The van der Waals surface area contributed by atoms with Gasteiger partial charge in [0.2, 0.25) is 11.2 Å². The van der Waals surface area contributed by atoms with Gasteiger partial charge in [-0.2, -0.15) is 0 Å². The lowest BCUT2D eigenvalue weighted by molar-refractivity contribution is -0.164. The number of nitrogens with zero attached hydrogens (tertiary/aromatic N) is 3. The van der Waals surface area contributed by atoms with Gasteiger partial charge in [0.1, 0.15) is 11.5 Å². The molecule has 1 fully saturated rings. The fourth-order valence-electron chi connectivity index (χ4n) is 8.46. The highest BCUT2D eigenvalue weighted by Crippen LogP contribution is 2.35. The molecule has 2 aromatic heterocycles. The van der Waals surface area contributed by atoms with Gasteiger partial charge in [-0.15, -0.1) is 0 Å². The molecule has 7 aromatic rings. The van der Waals surface area contributed by atoms with E-state index in [1.165, 1.54) is 31.0 Å². The largest absolute Gasteiger partial charge is 0.506 e. The number of esters is 1. The van der Waals surface area contributed by atoms with Gasteiger partial charge in [-0.25, -0.2) is 4.79 Å². The third kappa shape index (κ3) is 10.3. The van der Waals surface area contributed by atoms with Crippen LogP contribution in [0.1, 0.15) is 62.8 Å². The Labute approximate surface area is 381 Å². The number of nitrogens with one attached hydrogen (secondary N) is 3. The van der Waals surface area contributed by atoms with Gasteiger partial charge in [-0.05, 0) is 78.9 Å². The number of aromatic nitrogens is 3. The van der Waals surface area contributed by atoms with Crippen molar-refractivity contribution in [2.75, 3.05) is 33.4 Å². The Morgan fingerprint density at radius 1 is 0.864 bits per heavy atom. The molecule has 1 saturated heterocycles. The molecule has 6 N–H and O–H groups in total. The van der Waals surface area contributed by atoms with E-state index in [9.17, 15) is 29.7 Å². The molecule has 3 heterocycles. The lowest BCUT2D eigenvalue weighted by Crippen LogP contribution is -2.40. The van der Waals surface area contributed by atoms with Crippen LogP contribution in [0.5, 0.6) is 11.5 Å². The number of methoxy groups -OCH3 is 1. The number of aliphatic hydroxyl groups is 2. The normalized spacial score (nSPS) is 14.6. The fraction of sp³-hybridized carbons (Fsp3) is 0.250. The van der Waals surface area contributed by atoms with Crippen molar-refractivity contribution in [3.05, 3.63) is 189 Å². The van der Waals surface area contributed by atoms with Crippen LogP contribution in [0, 0.1) is 5.92 Å². The Balaban J connectivity index is 0.912. The van der Waals surface area contributed by atoms with Crippen LogP contribution in [-0.4, -0.2) is 80.4 Å². The maximum absolute atomic E-state index is 14.1. The maximum Gasteiger partial charge on any atom is 0.347 e. The maximum atomic E-state index is 14.1. The number of pyridine rings is 1. The number of carbonyl (C=O) groups is 2.